The Labute approximate surface area is 121 Å². The molecule has 20 heavy (non-hydrogen) atoms. The molecule has 0 aromatic heterocycles. The third-order valence-electron chi connectivity index (χ3n) is 3.90. The molecule has 0 spiro atoms. The van der Waals surface area contributed by atoms with E-state index in [-0.39, 0.29) is 12.5 Å². The summed E-state index contributed by atoms with van der Waals surface area (Å²) < 4.78 is 5.58. The summed E-state index contributed by atoms with van der Waals surface area (Å²) in [5.41, 5.74) is 2.66. The second-order valence-electron chi connectivity index (χ2n) is 6.78. The summed E-state index contributed by atoms with van der Waals surface area (Å²) in [5, 5.41) is 3.07. The Morgan fingerprint density at radius 1 is 1.30 bits per heavy atom. The summed E-state index contributed by atoms with van der Waals surface area (Å²) in [6, 6.07) is 6.31. The number of carbonyl (C=O) groups is 1. The standard InChI is InChI=1S/C17H25NO2/c1-12-7-13(2)9-15(8-12)20-11-16(19)18-14-5-6-17(3,4)10-14/h7-9,14H,5-6,10-11H2,1-4H3,(H,18,19). The Morgan fingerprint density at radius 2 is 1.95 bits per heavy atom. The molecule has 0 saturated heterocycles. The molecule has 1 amide bonds. The van der Waals surface area contributed by atoms with Crippen molar-refractivity contribution in [3.05, 3.63) is 29.3 Å². The van der Waals surface area contributed by atoms with E-state index in [4.69, 9.17) is 4.74 Å². The summed E-state index contributed by atoms with van der Waals surface area (Å²) in [4.78, 5) is 11.9. The van der Waals surface area contributed by atoms with Gasteiger partial charge in [-0.3, -0.25) is 4.79 Å². The van der Waals surface area contributed by atoms with Gasteiger partial charge < -0.3 is 10.1 Å². The molecule has 1 aliphatic rings. The number of hydrogen-bond acceptors (Lipinski definition) is 2. The Balaban J connectivity index is 1.81. The van der Waals surface area contributed by atoms with Gasteiger partial charge in [-0.2, -0.15) is 0 Å². The number of nitrogens with one attached hydrogen (secondary N) is 1. The molecular weight excluding hydrogens is 250 g/mol. The van der Waals surface area contributed by atoms with E-state index in [2.05, 4.69) is 25.2 Å². The lowest BCUT2D eigenvalue weighted by Crippen LogP contribution is -2.36. The van der Waals surface area contributed by atoms with Crippen LogP contribution in [0.25, 0.3) is 0 Å². The van der Waals surface area contributed by atoms with Gasteiger partial charge in [-0.25, -0.2) is 0 Å². The van der Waals surface area contributed by atoms with Crippen molar-refractivity contribution in [2.45, 2.75) is 53.0 Å². The number of benzene rings is 1. The van der Waals surface area contributed by atoms with Gasteiger partial charge in [0.15, 0.2) is 6.61 Å². The van der Waals surface area contributed by atoms with Crippen molar-refractivity contribution < 1.29 is 9.53 Å². The van der Waals surface area contributed by atoms with Crippen molar-refractivity contribution in [3.8, 4) is 5.75 Å². The lowest BCUT2D eigenvalue weighted by atomic mass is 9.92. The average molecular weight is 275 g/mol. The van der Waals surface area contributed by atoms with E-state index in [1.807, 2.05) is 26.0 Å². The summed E-state index contributed by atoms with van der Waals surface area (Å²) in [6.45, 7) is 8.66. The number of amides is 1. The highest BCUT2D eigenvalue weighted by molar-refractivity contribution is 5.77. The minimum Gasteiger partial charge on any atom is -0.484 e. The number of rotatable bonds is 4. The Bertz CT molecular complexity index is 474. The van der Waals surface area contributed by atoms with Crippen LogP contribution >= 0.6 is 0 Å². The molecule has 0 heterocycles. The molecule has 2 rings (SSSR count). The first-order valence-corrected chi connectivity index (χ1v) is 7.34. The fourth-order valence-corrected chi connectivity index (χ4v) is 2.99. The molecule has 1 saturated carbocycles. The van der Waals surface area contributed by atoms with Crippen molar-refractivity contribution >= 4 is 5.91 Å². The summed E-state index contributed by atoms with van der Waals surface area (Å²) in [7, 11) is 0. The minimum atomic E-state index is -0.0214. The van der Waals surface area contributed by atoms with E-state index < -0.39 is 0 Å². The van der Waals surface area contributed by atoms with Gasteiger partial charge in [-0.15, -0.1) is 0 Å². The minimum absolute atomic E-state index is 0.0214. The molecule has 3 heteroatoms. The zero-order valence-corrected chi connectivity index (χ0v) is 13.0. The fraction of sp³-hybridized carbons (Fsp3) is 0.588. The van der Waals surface area contributed by atoms with E-state index in [0.29, 0.717) is 11.5 Å². The van der Waals surface area contributed by atoms with Crippen LogP contribution in [0.3, 0.4) is 0 Å². The molecule has 1 aromatic carbocycles. The smallest absolute Gasteiger partial charge is 0.258 e. The van der Waals surface area contributed by atoms with Gasteiger partial charge >= 0.3 is 0 Å². The van der Waals surface area contributed by atoms with Crippen LogP contribution in [0.15, 0.2) is 18.2 Å². The van der Waals surface area contributed by atoms with E-state index in [1.54, 1.807) is 0 Å². The topological polar surface area (TPSA) is 38.3 Å². The SMILES string of the molecule is Cc1cc(C)cc(OCC(=O)NC2CCC(C)(C)C2)c1. The van der Waals surface area contributed by atoms with Gasteiger partial charge in [0.2, 0.25) is 0 Å². The Hall–Kier alpha value is -1.51. The molecule has 3 nitrogen and oxygen atoms in total. The second-order valence-corrected chi connectivity index (χ2v) is 6.78. The van der Waals surface area contributed by atoms with Gasteiger partial charge in [-0.05, 0) is 61.8 Å². The molecule has 110 valence electrons. The lowest BCUT2D eigenvalue weighted by molar-refractivity contribution is -0.123. The highest BCUT2D eigenvalue weighted by atomic mass is 16.5. The van der Waals surface area contributed by atoms with Gasteiger partial charge in [0.25, 0.3) is 5.91 Å². The second kappa shape index (κ2) is 5.86. The van der Waals surface area contributed by atoms with Gasteiger partial charge in [0.05, 0.1) is 0 Å². The third-order valence-corrected chi connectivity index (χ3v) is 3.90. The highest BCUT2D eigenvalue weighted by Gasteiger charge is 2.31. The molecule has 1 aromatic rings. The quantitative estimate of drug-likeness (QED) is 0.915. The van der Waals surface area contributed by atoms with Crippen LogP contribution in [0.2, 0.25) is 0 Å². The zero-order valence-electron chi connectivity index (χ0n) is 13.0. The molecule has 0 radical (unpaired) electrons. The predicted molar refractivity (Wildman–Crippen MR) is 81.0 cm³/mol. The van der Waals surface area contributed by atoms with Crippen LogP contribution < -0.4 is 10.1 Å². The van der Waals surface area contributed by atoms with Crippen molar-refractivity contribution in [3.63, 3.8) is 0 Å². The van der Waals surface area contributed by atoms with Crippen LogP contribution in [-0.2, 0) is 4.79 Å². The molecule has 1 fully saturated rings. The van der Waals surface area contributed by atoms with Crippen molar-refractivity contribution in [2.24, 2.45) is 5.41 Å². The van der Waals surface area contributed by atoms with Gasteiger partial charge in [0, 0.05) is 6.04 Å². The summed E-state index contributed by atoms with van der Waals surface area (Å²) in [5.74, 6) is 0.747. The van der Waals surface area contributed by atoms with Crippen LogP contribution in [0.5, 0.6) is 5.75 Å². The fourth-order valence-electron chi connectivity index (χ4n) is 2.99. The van der Waals surface area contributed by atoms with E-state index in [0.717, 1.165) is 29.7 Å². The molecule has 1 N–H and O–H groups in total. The summed E-state index contributed by atoms with van der Waals surface area (Å²) >= 11 is 0. The number of ether oxygens (including phenoxy) is 1. The van der Waals surface area contributed by atoms with Crippen molar-refractivity contribution in [2.75, 3.05) is 6.61 Å². The first kappa shape index (κ1) is 14.9. The normalized spacial score (nSPS) is 20.7. The van der Waals surface area contributed by atoms with Crippen LogP contribution in [0, 0.1) is 19.3 Å². The third kappa shape index (κ3) is 4.26. The van der Waals surface area contributed by atoms with Crippen LogP contribution in [-0.4, -0.2) is 18.6 Å². The maximum absolute atomic E-state index is 11.9. The Kier molecular flexibility index (Phi) is 4.36. The maximum atomic E-state index is 11.9. The molecule has 0 bridgehead atoms. The summed E-state index contributed by atoms with van der Waals surface area (Å²) in [6.07, 6.45) is 3.31. The van der Waals surface area contributed by atoms with E-state index in [1.165, 1.54) is 6.42 Å². The van der Waals surface area contributed by atoms with E-state index >= 15 is 0 Å². The molecule has 1 aliphatic carbocycles. The zero-order chi connectivity index (χ0) is 14.8. The van der Waals surface area contributed by atoms with Gasteiger partial charge in [0.1, 0.15) is 5.75 Å². The van der Waals surface area contributed by atoms with E-state index in [9.17, 15) is 4.79 Å². The molecule has 1 atom stereocenters. The predicted octanol–water partition coefficient (Wildman–Crippen LogP) is 3.38. The molecule has 0 aliphatic heterocycles. The largest absolute Gasteiger partial charge is 0.484 e. The monoisotopic (exact) mass is 275 g/mol. The van der Waals surface area contributed by atoms with Crippen molar-refractivity contribution in [1.29, 1.82) is 0 Å². The van der Waals surface area contributed by atoms with Crippen LogP contribution in [0.1, 0.15) is 44.2 Å². The molecule has 1 unspecified atom stereocenters. The first-order chi connectivity index (χ1) is 9.34. The lowest BCUT2D eigenvalue weighted by Gasteiger charge is -2.18. The van der Waals surface area contributed by atoms with Crippen LogP contribution in [0.4, 0.5) is 0 Å². The first-order valence-electron chi connectivity index (χ1n) is 7.34. The number of aryl methyl sites for hydroxylation is 2. The van der Waals surface area contributed by atoms with Crippen molar-refractivity contribution in [1.82, 2.24) is 5.32 Å². The molecular formula is C17H25NO2. The number of carbonyl (C=O) groups excluding carboxylic acids is 1. The number of hydrogen-bond donors (Lipinski definition) is 1. The highest BCUT2D eigenvalue weighted by Crippen LogP contribution is 2.36. The average Bonchev–Trinajstić information content (AvgIpc) is 2.65. The maximum Gasteiger partial charge on any atom is 0.258 e. The Morgan fingerprint density at radius 3 is 2.50 bits per heavy atom. The van der Waals surface area contributed by atoms with Gasteiger partial charge in [-0.1, -0.05) is 19.9 Å².